The second-order valence-corrected chi connectivity index (χ2v) is 6.11. The monoisotopic (exact) mass is 305 g/mol. The molecular formula is C15H16ClN3O2. The first-order valence-corrected chi connectivity index (χ1v) is 7.71. The number of hydrogen-bond acceptors (Lipinski definition) is 3. The Bertz CT molecular complexity index is 687. The zero-order valence-electron chi connectivity index (χ0n) is 11.6. The van der Waals surface area contributed by atoms with Gasteiger partial charge in [-0.2, -0.15) is 5.10 Å². The Kier molecular flexibility index (Phi) is 3.03. The average molecular weight is 306 g/mol. The van der Waals surface area contributed by atoms with Gasteiger partial charge in [-0.05, 0) is 48.6 Å². The molecule has 2 aromatic heterocycles. The molecule has 0 saturated heterocycles. The number of hydrogen-bond donors (Lipinski definition) is 1. The third kappa shape index (κ3) is 2.35. The van der Waals surface area contributed by atoms with Gasteiger partial charge in [0.2, 0.25) is 0 Å². The summed E-state index contributed by atoms with van der Waals surface area (Å²) in [5.41, 5.74) is 3.73. The largest absolute Gasteiger partial charge is 0.440 e. The highest BCUT2D eigenvalue weighted by molar-refractivity contribution is 6.29. The summed E-state index contributed by atoms with van der Waals surface area (Å²) >= 11 is 5.74. The highest BCUT2D eigenvalue weighted by atomic mass is 35.5. The molecule has 1 aliphatic carbocycles. The zero-order chi connectivity index (χ0) is 14.4. The van der Waals surface area contributed by atoms with Crippen molar-refractivity contribution in [2.24, 2.45) is 0 Å². The van der Waals surface area contributed by atoms with Crippen LogP contribution in [0.1, 0.15) is 46.3 Å². The van der Waals surface area contributed by atoms with Crippen molar-refractivity contribution in [2.75, 3.05) is 13.1 Å². The molecule has 0 radical (unpaired) electrons. The van der Waals surface area contributed by atoms with E-state index in [1.807, 2.05) is 4.90 Å². The number of nitrogens with zero attached hydrogens (tertiary/aromatic N) is 2. The fourth-order valence-electron chi connectivity index (χ4n) is 2.99. The molecule has 0 unspecified atom stereocenters. The maximum absolute atomic E-state index is 12.4. The van der Waals surface area contributed by atoms with Gasteiger partial charge in [-0.3, -0.25) is 9.89 Å². The van der Waals surface area contributed by atoms with Gasteiger partial charge in [-0.25, -0.2) is 0 Å². The van der Waals surface area contributed by atoms with Crippen LogP contribution < -0.4 is 0 Å². The number of aromatic amines is 1. The highest BCUT2D eigenvalue weighted by Crippen LogP contribution is 2.41. The van der Waals surface area contributed by atoms with Crippen molar-refractivity contribution in [2.45, 2.75) is 31.6 Å². The topological polar surface area (TPSA) is 62.1 Å². The predicted octanol–water partition coefficient (Wildman–Crippen LogP) is 2.77. The average Bonchev–Trinajstić information content (AvgIpc) is 3.17. The van der Waals surface area contributed by atoms with Crippen LogP contribution in [0.5, 0.6) is 0 Å². The molecule has 0 spiro atoms. The molecule has 1 fully saturated rings. The van der Waals surface area contributed by atoms with Gasteiger partial charge in [0.25, 0.3) is 5.91 Å². The molecule has 1 aliphatic heterocycles. The normalized spacial score (nSPS) is 18.4. The molecule has 0 bridgehead atoms. The molecule has 4 rings (SSSR count). The van der Waals surface area contributed by atoms with E-state index in [1.54, 1.807) is 12.1 Å². The van der Waals surface area contributed by atoms with Crippen molar-refractivity contribution >= 4 is 17.5 Å². The maximum atomic E-state index is 12.4. The second-order valence-electron chi connectivity index (χ2n) is 5.74. The molecule has 0 aromatic carbocycles. The first-order chi connectivity index (χ1) is 10.2. The van der Waals surface area contributed by atoms with Crippen LogP contribution in [0.3, 0.4) is 0 Å². The molecule has 0 atom stereocenters. The summed E-state index contributed by atoms with van der Waals surface area (Å²) in [5, 5.41) is 7.88. The second kappa shape index (κ2) is 4.91. The van der Waals surface area contributed by atoms with Gasteiger partial charge in [0.05, 0.1) is 5.69 Å². The SMILES string of the molecule is O=C(c1ccc(Cl)o1)N1CCc2[nH]nc(C3CC3)c2CC1. The van der Waals surface area contributed by atoms with Crippen LogP contribution in [0, 0.1) is 0 Å². The van der Waals surface area contributed by atoms with Crippen LogP contribution >= 0.6 is 11.6 Å². The lowest BCUT2D eigenvalue weighted by Crippen LogP contribution is -2.33. The molecule has 6 heteroatoms. The van der Waals surface area contributed by atoms with E-state index in [2.05, 4.69) is 10.2 Å². The Morgan fingerprint density at radius 1 is 1.33 bits per heavy atom. The number of fused-ring (bicyclic) bond motifs is 1. The Labute approximate surface area is 127 Å². The van der Waals surface area contributed by atoms with Gasteiger partial charge < -0.3 is 9.32 Å². The Morgan fingerprint density at radius 3 is 2.86 bits per heavy atom. The maximum Gasteiger partial charge on any atom is 0.289 e. The van der Waals surface area contributed by atoms with E-state index in [9.17, 15) is 4.79 Å². The summed E-state index contributed by atoms with van der Waals surface area (Å²) < 4.78 is 5.22. The third-order valence-corrected chi connectivity index (χ3v) is 4.49. The Morgan fingerprint density at radius 2 is 2.14 bits per heavy atom. The number of halogens is 1. The van der Waals surface area contributed by atoms with E-state index in [0.29, 0.717) is 24.8 Å². The fraction of sp³-hybridized carbons (Fsp3) is 0.467. The Hall–Kier alpha value is -1.75. The number of aromatic nitrogens is 2. The van der Waals surface area contributed by atoms with Crippen LogP contribution in [0.15, 0.2) is 16.5 Å². The van der Waals surface area contributed by atoms with Crippen molar-refractivity contribution in [3.63, 3.8) is 0 Å². The fourth-order valence-corrected chi connectivity index (χ4v) is 3.14. The lowest BCUT2D eigenvalue weighted by Gasteiger charge is -2.18. The quantitative estimate of drug-likeness (QED) is 0.928. The standard InChI is InChI=1S/C15H16ClN3O2/c16-13-4-3-12(21-13)15(20)19-7-5-10-11(6-8-19)17-18-14(10)9-1-2-9/h3-4,9H,1-2,5-8H2,(H,17,18). The van der Waals surface area contributed by atoms with E-state index in [1.165, 1.54) is 29.8 Å². The van der Waals surface area contributed by atoms with Crippen LogP contribution in [0.4, 0.5) is 0 Å². The van der Waals surface area contributed by atoms with Gasteiger partial charge in [-0.1, -0.05) is 0 Å². The van der Waals surface area contributed by atoms with E-state index in [4.69, 9.17) is 16.0 Å². The van der Waals surface area contributed by atoms with E-state index < -0.39 is 0 Å². The van der Waals surface area contributed by atoms with Crippen LogP contribution in [-0.2, 0) is 12.8 Å². The summed E-state index contributed by atoms with van der Waals surface area (Å²) in [4.78, 5) is 14.3. The molecule has 2 aromatic rings. The molecule has 5 nitrogen and oxygen atoms in total. The minimum absolute atomic E-state index is 0.0898. The number of nitrogens with one attached hydrogen (secondary N) is 1. The molecule has 1 N–H and O–H groups in total. The van der Waals surface area contributed by atoms with E-state index in [-0.39, 0.29) is 11.1 Å². The Balaban J connectivity index is 1.52. The number of carbonyl (C=O) groups is 1. The lowest BCUT2D eigenvalue weighted by molar-refractivity contribution is 0.0731. The number of H-pyrrole nitrogens is 1. The molecule has 21 heavy (non-hydrogen) atoms. The minimum atomic E-state index is -0.0898. The van der Waals surface area contributed by atoms with Crippen LogP contribution in [0.2, 0.25) is 5.22 Å². The summed E-state index contributed by atoms with van der Waals surface area (Å²) in [7, 11) is 0. The van der Waals surface area contributed by atoms with Gasteiger partial charge in [0.15, 0.2) is 11.0 Å². The number of amides is 1. The van der Waals surface area contributed by atoms with Crippen molar-refractivity contribution in [1.29, 1.82) is 0 Å². The number of carbonyl (C=O) groups excluding carboxylic acids is 1. The van der Waals surface area contributed by atoms with Gasteiger partial charge >= 0.3 is 0 Å². The molecule has 1 amide bonds. The number of furan rings is 1. The molecule has 1 saturated carbocycles. The highest BCUT2D eigenvalue weighted by Gasteiger charge is 2.32. The van der Waals surface area contributed by atoms with Gasteiger partial charge in [0, 0.05) is 31.1 Å². The van der Waals surface area contributed by atoms with E-state index in [0.717, 1.165) is 12.8 Å². The van der Waals surface area contributed by atoms with Crippen LogP contribution in [-0.4, -0.2) is 34.1 Å². The third-order valence-electron chi connectivity index (χ3n) is 4.28. The van der Waals surface area contributed by atoms with E-state index >= 15 is 0 Å². The zero-order valence-corrected chi connectivity index (χ0v) is 12.3. The van der Waals surface area contributed by atoms with Crippen molar-refractivity contribution in [1.82, 2.24) is 15.1 Å². The smallest absolute Gasteiger partial charge is 0.289 e. The molecular weight excluding hydrogens is 290 g/mol. The summed E-state index contributed by atoms with van der Waals surface area (Å²) in [6.07, 6.45) is 4.16. The summed E-state index contributed by atoms with van der Waals surface area (Å²) in [5.74, 6) is 0.857. The predicted molar refractivity (Wildman–Crippen MR) is 77.6 cm³/mol. The lowest BCUT2D eigenvalue weighted by atomic mass is 10.1. The first-order valence-electron chi connectivity index (χ1n) is 7.33. The van der Waals surface area contributed by atoms with Crippen molar-refractivity contribution in [3.05, 3.63) is 40.1 Å². The molecule has 110 valence electrons. The van der Waals surface area contributed by atoms with Crippen molar-refractivity contribution in [3.8, 4) is 0 Å². The number of rotatable bonds is 2. The van der Waals surface area contributed by atoms with Gasteiger partial charge in [0.1, 0.15) is 0 Å². The van der Waals surface area contributed by atoms with Gasteiger partial charge in [-0.15, -0.1) is 0 Å². The van der Waals surface area contributed by atoms with Crippen LogP contribution in [0.25, 0.3) is 0 Å². The summed E-state index contributed by atoms with van der Waals surface area (Å²) in [6, 6.07) is 3.23. The molecule has 3 heterocycles. The minimum Gasteiger partial charge on any atom is -0.440 e. The van der Waals surface area contributed by atoms with Crippen molar-refractivity contribution < 1.29 is 9.21 Å². The summed E-state index contributed by atoms with van der Waals surface area (Å²) in [6.45, 7) is 1.37. The first kappa shape index (κ1) is 13.0. The molecule has 2 aliphatic rings.